The van der Waals surface area contributed by atoms with Gasteiger partial charge in [-0.3, -0.25) is 9.48 Å². The highest BCUT2D eigenvalue weighted by atomic mass is 32.1. The summed E-state index contributed by atoms with van der Waals surface area (Å²) in [4.78, 5) is 12.6. The molecule has 1 N–H and O–H groups in total. The predicted octanol–water partition coefficient (Wildman–Crippen LogP) is 2.38. The minimum atomic E-state index is 0.0318. The highest BCUT2D eigenvalue weighted by Crippen LogP contribution is 2.22. The van der Waals surface area contributed by atoms with Crippen molar-refractivity contribution in [2.75, 3.05) is 6.54 Å². The number of thiophene rings is 1. The molecule has 96 valence electrons. The Kier molecular flexibility index (Phi) is 4.15. The Morgan fingerprint density at radius 3 is 3.00 bits per heavy atom. The second-order valence-corrected chi connectivity index (χ2v) is 5.33. The van der Waals surface area contributed by atoms with E-state index in [1.807, 2.05) is 42.2 Å². The fraction of sp³-hybridized carbons (Fsp3) is 0.385. The summed E-state index contributed by atoms with van der Waals surface area (Å²) in [5, 5.41) is 9.39. The van der Waals surface area contributed by atoms with E-state index in [4.69, 9.17) is 0 Å². The van der Waals surface area contributed by atoms with Crippen molar-refractivity contribution in [3.8, 4) is 10.6 Å². The largest absolute Gasteiger partial charge is 0.354 e. The molecular formula is C13H17N3OS. The van der Waals surface area contributed by atoms with Crippen molar-refractivity contribution in [3.05, 3.63) is 29.8 Å². The molecule has 0 unspecified atom stereocenters. The summed E-state index contributed by atoms with van der Waals surface area (Å²) in [6.07, 6.45) is 1.94. The lowest BCUT2D eigenvalue weighted by Gasteiger charge is -2.07. The summed E-state index contributed by atoms with van der Waals surface area (Å²) < 4.78 is 1.86. The number of hydrogen-bond acceptors (Lipinski definition) is 3. The van der Waals surface area contributed by atoms with Gasteiger partial charge in [0.2, 0.25) is 5.91 Å². The molecule has 0 aliphatic rings. The van der Waals surface area contributed by atoms with Crippen LogP contribution < -0.4 is 5.32 Å². The number of rotatable bonds is 5. The third kappa shape index (κ3) is 3.20. The molecule has 0 aliphatic heterocycles. The molecule has 0 saturated heterocycles. The molecule has 2 aromatic rings. The van der Waals surface area contributed by atoms with E-state index < -0.39 is 0 Å². The third-order valence-electron chi connectivity index (χ3n) is 2.58. The quantitative estimate of drug-likeness (QED) is 0.900. The summed E-state index contributed by atoms with van der Waals surface area (Å²) in [6, 6.07) is 6.07. The summed E-state index contributed by atoms with van der Waals surface area (Å²) in [6.45, 7) is 5.09. The molecule has 2 heterocycles. The van der Waals surface area contributed by atoms with Gasteiger partial charge in [-0.05, 0) is 17.5 Å². The second kappa shape index (κ2) is 5.82. The van der Waals surface area contributed by atoms with Crippen LogP contribution in [-0.2, 0) is 11.3 Å². The van der Waals surface area contributed by atoms with Crippen molar-refractivity contribution in [1.82, 2.24) is 15.1 Å². The fourth-order valence-corrected chi connectivity index (χ4v) is 2.23. The first-order valence-corrected chi connectivity index (χ1v) is 6.90. The van der Waals surface area contributed by atoms with E-state index in [-0.39, 0.29) is 11.8 Å². The predicted molar refractivity (Wildman–Crippen MR) is 73.4 cm³/mol. The minimum absolute atomic E-state index is 0.0318. The van der Waals surface area contributed by atoms with E-state index in [2.05, 4.69) is 16.5 Å². The zero-order valence-electron chi connectivity index (χ0n) is 10.6. The lowest BCUT2D eigenvalue weighted by atomic mass is 10.2. The molecule has 0 atom stereocenters. The van der Waals surface area contributed by atoms with Crippen molar-refractivity contribution in [1.29, 1.82) is 0 Å². The SMILES string of the molecule is CC(C)C(=O)NCCn1ccc(-c2cccs2)n1. The average Bonchev–Trinajstić information content (AvgIpc) is 2.98. The Morgan fingerprint density at radius 2 is 2.33 bits per heavy atom. The van der Waals surface area contributed by atoms with Crippen LogP contribution in [-0.4, -0.2) is 22.2 Å². The maximum Gasteiger partial charge on any atom is 0.222 e. The van der Waals surface area contributed by atoms with Crippen molar-refractivity contribution < 1.29 is 4.79 Å². The molecule has 0 fully saturated rings. The topological polar surface area (TPSA) is 46.9 Å². The molecule has 0 spiro atoms. The van der Waals surface area contributed by atoms with E-state index >= 15 is 0 Å². The van der Waals surface area contributed by atoms with Gasteiger partial charge in [0.1, 0.15) is 5.69 Å². The zero-order chi connectivity index (χ0) is 13.0. The van der Waals surface area contributed by atoms with Crippen LogP contribution in [0.4, 0.5) is 0 Å². The van der Waals surface area contributed by atoms with E-state index in [9.17, 15) is 4.79 Å². The highest BCUT2D eigenvalue weighted by Gasteiger charge is 2.06. The van der Waals surface area contributed by atoms with Crippen LogP contribution in [0.15, 0.2) is 29.8 Å². The number of nitrogens with one attached hydrogen (secondary N) is 1. The Hall–Kier alpha value is -1.62. The van der Waals surface area contributed by atoms with Crippen molar-refractivity contribution in [3.63, 3.8) is 0 Å². The van der Waals surface area contributed by atoms with Gasteiger partial charge in [-0.15, -0.1) is 11.3 Å². The molecule has 0 aromatic carbocycles. The van der Waals surface area contributed by atoms with E-state index in [1.54, 1.807) is 11.3 Å². The first-order chi connectivity index (χ1) is 8.66. The van der Waals surface area contributed by atoms with E-state index in [1.165, 1.54) is 4.88 Å². The van der Waals surface area contributed by atoms with Crippen molar-refractivity contribution in [2.24, 2.45) is 5.92 Å². The third-order valence-corrected chi connectivity index (χ3v) is 3.47. The first-order valence-electron chi connectivity index (χ1n) is 6.02. The van der Waals surface area contributed by atoms with Gasteiger partial charge >= 0.3 is 0 Å². The van der Waals surface area contributed by atoms with Crippen LogP contribution >= 0.6 is 11.3 Å². The van der Waals surface area contributed by atoms with Crippen LogP contribution in [0.3, 0.4) is 0 Å². The van der Waals surface area contributed by atoms with Gasteiger partial charge in [0.25, 0.3) is 0 Å². The Balaban J connectivity index is 1.86. The molecule has 0 bridgehead atoms. The summed E-state index contributed by atoms with van der Waals surface area (Å²) >= 11 is 1.68. The molecule has 2 rings (SSSR count). The average molecular weight is 263 g/mol. The zero-order valence-corrected chi connectivity index (χ0v) is 11.4. The molecule has 5 heteroatoms. The molecule has 0 saturated carbocycles. The molecule has 2 aromatic heterocycles. The molecule has 18 heavy (non-hydrogen) atoms. The van der Waals surface area contributed by atoms with E-state index in [0.717, 1.165) is 5.69 Å². The van der Waals surface area contributed by atoms with Gasteiger partial charge in [0.15, 0.2) is 0 Å². The molecule has 1 amide bonds. The molecular weight excluding hydrogens is 246 g/mol. The lowest BCUT2D eigenvalue weighted by Crippen LogP contribution is -2.30. The van der Waals surface area contributed by atoms with Gasteiger partial charge in [-0.25, -0.2) is 0 Å². The Morgan fingerprint density at radius 1 is 1.50 bits per heavy atom. The second-order valence-electron chi connectivity index (χ2n) is 4.39. The van der Waals surface area contributed by atoms with Crippen molar-refractivity contribution >= 4 is 17.2 Å². The van der Waals surface area contributed by atoms with Crippen molar-refractivity contribution in [2.45, 2.75) is 20.4 Å². The summed E-state index contributed by atoms with van der Waals surface area (Å²) in [7, 11) is 0. The number of nitrogens with zero attached hydrogens (tertiary/aromatic N) is 2. The van der Waals surface area contributed by atoms with Gasteiger partial charge in [0.05, 0.1) is 11.4 Å². The van der Waals surface area contributed by atoms with Gasteiger partial charge in [-0.1, -0.05) is 19.9 Å². The number of aromatic nitrogens is 2. The van der Waals surface area contributed by atoms with Crippen LogP contribution in [0.25, 0.3) is 10.6 Å². The van der Waals surface area contributed by atoms with Gasteiger partial charge in [0, 0.05) is 18.7 Å². The molecule has 0 aliphatic carbocycles. The molecule has 4 nitrogen and oxygen atoms in total. The van der Waals surface area contributed by atoms with Crippen LogP contribution in [0, 0.1) is 5.92 Å². The standard InChI is InChI=1S/C13H17N3OS/c1-10(2)13(17)14-6-8-16-7-5-11(15-16)12-4-3-9-18-12/h3-5,7,9-10H,6,8H2,1-2H3,(H,14,17). The van der Waals surface area contributed by atoms with Crippen LogP contribution in [0.2, 0.25) is 0 Å². The van der Waals surface area contributed by atoms with Gasteiger partial charge < -0.3 is 5.32 Å². The van der Waals surface area contributed by atoms with Crippen LogP contribution in [0.1, 0.15) is 13.8 Å². The Labute approximate surface area is 111 Å². The summed E-state index contributed by atoms with van der Waals surface area (Å²) in [5.74, 6) is 0.116. The maximum absolute atomic E-state index is 11.4. The number of hydrogen-bond donors (Lipinski definition) is 1. The normalized spacial score (nSPS) is 10.8. The fourth-order valence-electron chi connectivity index (χ4n) is 1.54. The molecule has 0 radical (unpaired) electrons. The van der Waals surface area contributed by atoms with Gasteiger partial charge in [-0.2, -0.15) is 5.10 Å². The minimum Gasteiger partial charge on any atom is -0.354 e. The number of carbonyl (C=O) groups is 1. The first kappa shape index (κ1) is 12.8. The Bertz CT molecular complexity index is 502. The van der Waals surface area contributed by atoms with E-state index in [0.29, 0.717) is 13.1 Å². The summed E-state index contributed by atoms with van der Waals surface area (Å²) in [5.41, 5.74) is 0.986. The number of carbonyl (C=O) groups excluding carboxylic acids is 1. The smallest absolute Gasteiger partial charge is 0.222 e. The highest BCUT2D eigenvalue weighted by molar-refractivity contribution is 7.13. The lowest BCUT2D eigenvalue weighted by molar-refractivity contribution is -0.124. The monoisotopic (exact) mass is 263 g/mol. The van der Waals surface area contributed by atoms with Crippen LogP contribution in [0.5, 0.6) is 0 Å². The number of amides is 1. The maximum atomic E-state index is 11.4.